The van der Waals surface area contributed by atoms with Gasteiger partial charge in [0.2, 0.25) is 6.79 Å². The van der Waals surface area contributed by atoms with Crippen LogP contribution in [0.25, 0.3) is 0 Å². The number of methoxy groups -OCH3 is 1. The van der Waals surface area contributed by atoms with Gasteiger partial charge < -0.3 is 18.9 Å². The molecule has 1 aliphatic rings. The second-order valence-corrected chi connectivity index (χ2v) is 3.69. The Kier molecular flexibility index (Phi) is 4.68. The molecule has 1 aromatic carbocycles. The highest BCUT2D eigenvalue weighted by atomic mass is 16.7. The lowest BCUT2D eigenvalue weighted by atomic mass is 10.2. The molecule has 0 saturated heterocycles. The van der Waals surface area contributed by atoms with E-state index in [1.54, 1.807) is 18.2 Å². The molecule has 1 heterocycles. The molecule has 0 N–H and O–H groups in total. The lowest BCUT2D eigenvalue weighted by Crippen LogP contribution is -2.02. The van der Waals surface area contributed by atoms with E-state index in [0.29, 0.717) is 17.1 Å². The second kappa shape index (κ2) is 6.88. The van der Waals surface area contributed by atoms with E-state index in [9.17, 15) is 9.59 Å². The number of esters is 2. The number of carbonyl (C=O) groups excluding carboxylic acids is 2. The van der Waals surface area contributed by atoms with E-state index in [0.717, 1.165) is 0 Å². The molecule has 21 heavy (non-hydrogen) atoms. The van der Waals surface area contributed by atoms with Crippen molar-refractivity contribution in [2.24, 2.45) is 0 Å². The molecule has 0 unspecified atom stereocenters. The van der Waals surface area contributed by atoms with Crippen LogP contribution in [0.2, 0.25) is 0 Å². The van der Waals surface area contributed by atoms with Crippen LogP contribution < -0.4 is 9.47 Å². The van der Waals surface area contributed by atoms with Crippen LogP contribution in [0.15, 0.2) is 18.2 Å². The normalized spacial score (nSPS) is 10.5. The van der Waals surface area contributed by atoms with Gasteiger partial charge in [0.15, 0.2) is 18.1 Å². The van der Waals surface area contributed by atoms with Gasteiger partial charge in [0.05, 0.1) is 7.11 Å². The molecule has 0 amide bonds. The fourth-order valence-corrected chi connectivity index (χ4v) is 1.39. The molecule has 0 radical (unpaired) electrons. The third kappa shape index (κ3) is 4.19. The van der Waals surface area contributed by atoms with Gasteiger partial charge in [-0.05, 0) is 24.1 Å². The van der Waals surface area contributed by atoms with Crippen molar-refractivity contribution in [3.05, 3.63) is 23.8 Å². The minimum Gasteiger partial charge on any atom is -0.459 e. The smallest absolute Gasteiger partial charge is 0.385 e. The molecule has 1 aliphatic heterocycles. The third-order valence-corrected chi connectivity index (χ3v) is 2.33. The van der Waals surface area contributed by atoms with Gasteiger partial charge in [-0.15, -0.1) is 0 Å². The van der Waals surface area contributed by atoms with E-state index in [2.05, 4.69) is 28.4 Å². The van der Waals surface area contributed by atoms with Crippen molar-refractivity contribution in [3.8, 4) is 35.2 Å². The first-order valence-electron chi connectivity index (χ1n) is 5.84. The maximum absolute atomic E-state index is 11.3. The van der Waals surface area contributed by atoms with Crippen molar-refractivity contribution in [3.63, 3.8) is 0 Å². The van der Waals surface area contributed by atoms with Gasteiger partial charge in [-0.1, -0.05) is 5.92 Å². The molecule has 0 aliphatic carbocycles. The number of hydrogen-bond donors (Lipinski definition) is 0. The number of benzene rings is 1. The van der Waals surface area contributed by atoms with Crippen LogP contribution in [0.1, 0.15) is 5.56 Å². The highest BCUT2D eigenvalue weighted by Crippen LogP contribution is 2.32. The summed E-state index contributed by atoms with van der Waals surface area (Å²) in [7, 11) is 1.21. The van der Waals surface area contributed by atoms with Crippen molar-refractivity contribution < 1.29 is 28.5 Å². The van der Waals surface area contributed by atoms with Gasteiger partial charge in [0.25, 0.3) is 0 Å². The first kappa shape index (κ1) is 14.3. The van der Waals surface area contributed by atoms with Crippen LogP contribution in [0, 0.1) is 23.7 Å². The number of rotatable bonds is 1. The molecule has 0 saturated carbocycles. The Bertz CT molecular complexity index is 684. The summed E-state index contributed by atoms with van der Waals surface area (Å²) >= 11 is 0. The van der Waals surface area contributed by atoms with E-state index in [1.165, 1.54) is 7.11 Å². The molecule has 6 nitrogen and oxygen atoms in total. The van der Waals surface area contributed by atoms with E-state index in [1.807, 2.05) is 0 Å². The molecule has 6 heteroatoms. The zero-order chi connectivity index (χ0) is 15.1. The SMILES string of the molecule is COC(=O)C#CCOC(=O)C#Cc1ccc2c(c1)OCO2. The first-order valence-corrected chi connectivity index (χ1v) is 5.84. The average Bonchev–Trinajstić information content (AvgIpc) is 2.96. The Morgan fingerprint density at radius 1 is 1.19 bits per heavy atom. The third-order valence-electron chi connectivity index (χ3n) is 2.33. The predicted octanol–water partition coefficient (Wildman–Crippen LogP) is 0.486. The Balaban J connectivity index is 1.88. The fourth-order valence-electron chi connectivity index (χ4n) is 1.39. The Labute approximate surface area is 120 Å². The molecule has 1 aromatic rings. The maximum atomic E-state index is 11.3. The lowest BCUT2D eigenvalue weighted by Gasteiger charge is -1.95. The Hall–Kier alpha value is -3.12. The number of ether oxygens (including phenoxy) is 4. The number of hydrogen-bond acceptors (Lipinski definition) is 6. The Morgan fingerprint density at radius 3 is 2.81 bits per heavy atom. The molecule has 0 aromatic heterocycles. The highest BCUT2D eigenvalue weighted by molar-refractivity contribution is 5.90. The maximum Gasteiger partial charge on any atom is 0.385 e. The summed E-state index contributed by atoms with van der Waals surface area (Å²) in [5.41, 5.74) is 0.594. The summed E-state index contributed by atoms with van der Waals surface area (Å²) in [5.74, 6) is 9.17. The van der Waals surface area contributed by atoms with E-state index in [-0.39, 0.29) is 13.4 Å². The predicted molar refractivity (Wildman–Crippen MR) is 70.2 cm³/mol. The topological polar surface area (TPSA) is 71.1 Å². The summed E-state index contributed by atoms with van der Waals surface area (Å²) in [5, 5.41) is 0. The fraction of sp³-hybridized carbons (Fsp3) is 0.200. The largest absolute Gasteiger partial charge is 0.459 e. The van der Waals surface area contributed by atoms with Crippen LogP contribution in [0.4, 0.5) is 0 Å². The standard InChI is InChI=1S/C15H10O6/c1-18-14(16)3-2-8-19-15(17)7-5-11-4-6-12-13(9-11)21-10-20-12/h4,6,9H,8,10H2,1H3. The van der Waals surface area contributed by atoms with Crippen LogP contribution in [0.3, 0.4) is 0 Å². The lowest BCUT2D eigenvalue weighted by molar-refractivity contribution is -0.136. The van der Waals surface area contributed by atoms with Crippen molar-refractivity contribution in [2.45, 2.75) is 0 Å². The molecule has 0 fully saturated rings. The molecule has 0 bridgehead atoms. The van der Waals surface area contributed by atoms with Crippen LogP contribution in [-0.4, -0.2) is 32.4 Å². The second-order valence-electron chi connectivity index (χ2n) is 3.69. The number of carbonyl (C=O) groups is 2. The molecular weight excluding hydrogens is 276 g/mol. The summed E-state index contributed by atoms with van der Waals surface area (Å²) < 4.78 is 19.3. The zero-order valence-electron chi connectivity index (χ0n) is 11.1. The Morgan fingerprint density at radius 2 is 2.00 bits per heavy atom. The zero-order valence-corrected chi connectivity index (χ0v) is 11.1. The van der Waals surface area contributed by atoms with E-state index < -0.39 is 11.9 Å². The van der Waals surface area contributed by atoms with E-state index >= 15 is 0 Å². The van der Waals surface area contributed by atoms with Crippen molar-refractivity contribution in [2.75, 3.05) is 20.5 Å². The van der Waals surface area contributed by atoms with Crippen LogP contribution in [-0.2, 0) is 19.1 Å². The summed E-state index contributed by atoms with van der Waals surface area (Å²) in [6, 6.07) is 5.07. The van der Waals surface area contributed by atoms with Crippen molar-refractivity contribution in [1.82, 2.24) is 0 Å². The molecule has 0 spiro atoms. The quantitative estimate of drug-likeness (QED) is 0.425. The van der Waals surface area contributed by atoms with Gasteiger partial charge >= 0.3 is 11.9 Å². The van der Waals surface area contributed by atoms with Crippen molar-refractivity contribution in [1.29, 1.82) is 0 Å². The van der Waals surface area contributed by atoms with E-state index in [4.69, 9.17) is 14.2 Å². The van der Waals surface area contributed by atoms with Crippen LogP contribution >= 0.6 is 0 Å². The average molecular weight is 286 g/mol. The molecule has 0 atom stereocenters. The van der Waals surface area contributed by atoms with Crippen LogP contribution in [0.5, 0.6) is 11.5 Å². The molecule has 2 rings (SSSR count). The van der Waals surface area contributed by atoms with Crippen molar-refractivity contribution >= 4 is 11.9 Å². The minimum absolute atomic E-state index is 0.174. The summed E-state index contributed by atoms with van der Waals surface area (Å²) in [6.07, 6.45) is 0. The van der Waals surface area contributed by atoms with Gasteiger partial charge in [0.1, 0.15) is 0 Å². The summed E-state index contributed by atoms with van der Waals surface area (Å²) in [6.45, 7) is -0.0587. The van der Waals surface area contributed by atoms with Gasteiger partial charge in [0, 0.05) is 17.4 Å². The van der Waals surface area contributed by atoms with Gasteiger partial charge in [-0.3, -0.25) is 0 Å². The first-order chi connectivity index (χ1) is 10.2. The summed E-state index contributed by atoms with van der Waals surface area (Å²) in [4.78, 5) is 22.0. The minimum atomic E-state index is -0.744. The number of fused-ring (bicyclic) bond motifs is 1. The molecular formula is C15H10O6. The highest BCUT2D eigenvalue weighted by Gasteiger charge is 2.12. The molecule has 106 valence electrons. The van der Waals surface area contributed by atoms with Gasteiger partial charge in [-0.2, -0.15) is 0 Å². The van der Waals surface area contributed by atoms with Gasteiger partial charge in [-0.25, -0.2) is 9.59 Å². The monoisotopic (exact) mass is 286 g/mol.